The Balaban J connectivity index is 2.23. The molecule has 2 rings (SSSR count). The van der Waals surface area contributed by atoms with Crippen LogP contribution >= 0.6 is 0 Å². The van der Waals surface area contributed by atoms with E-state index >= 15 is 0 Å². The number of hydrogen-bond donors (Lipinski definition) is 3. The number of carbonyl (C=O) groups is 1. The number of hydrogen-bond acceptors (Lipinski definition) is 4. The zero-order chi connectivity index (χ0) is 13.8. The molecule has 1 fully saturated rings. The van der Waals surface area contributed by atoms with E-state index in [4.69, 9.17) is 5.73 Å². The summed E-state index contributed by atoms with van der Waals surface area (Å²) in [6, 6.07) is 2.64. The Kier molecular flexibility index (Phi) is 4.21. The van der Waals surface area contributed by atoms with Gasteiger partial charge in [-0.15, -0.1) is 0 Å². The van der Waals surface area contributed by atoms with E-state index < -0.39 is 5.56 Å². The van der Waals surface area contributed by atoms with Crippen LogP contribution in [0.2, 0.25) is 0 Å². The second-order valence-corrected chi connectivity index (χ2v) is 4.84. The van der Waals surface area contributed by atoms with Crippen molar-refractivity contribution in [1.29, 1.82) is 0 Å². The Morgan fingerprint density at radius 1 is 1.47 bits per heavy atom. The van der Waals surface area contributed by atoms with Crippen LogP contribution in [0.4, 0.5) is 0 Å². The summed E-state index contributed by atoms with van der Waals surface area (Å²) in [5.41, 5.74) is 5.33. The van der Waals surface area contributed by atoms with Gasteiger partial charge in [-0.1, -0.05) is 0 Å². The average Bonchev–Trinajstić information content (AvgIpc) is 2.38. The van der Waals surface area contributed by atoms with Gasteiger partial charge in [0, 0.05) is 24.7 Å². The van der Waals surface area contributed by atoms with E-state index in [1.165, 1.54) is 12.1 Å². The zero-order valence-corrected chi connectivity index (χ0v) is 10.8. The number of aromatic amines is 1. The van der Waals surface area contributed by atoms with Gasteiger partial charge in [0.05, 0.1) is 5.56 Å². The standard InChI is InChI=1S/C13H19N3O3/c14-5-4-10-3-1-2-6-16(10)13(19)9-7-11(17)15-12(18)8-9/h7-8,10H,1-6,14H2,(H2,15,17,18). The quantitative estimate of drug-likeness (QED) is 0.737. The van der Waals surface area contributed by atoms with Gasteiger partial charge >= 0.3 is 0 Å². The van der Waals surface area contributed by atoms with E-state index in [9.17, 15) is 14.7 Å². The number of aromatic nitrogens is 1. The molecular formula is C13H19N3O3. The van der Waals surface area contributed by atoms with Crippen molar-refractivity contribution in [3.8, 4) is 5.88 Å². The van der Waals surface area contributed by atoms with Crippen molar-refractivity contribution in [3.63, 3.8) is 0 Å². The van der Waals surface area contributed by atoms with Crippen molar-refractivity contribution < 1.29 is 9.90 Å². The molecule has 1 aromatic rings. The molecule has 0 bridgehead atoms. The Morgan fingerprint density at radius 3 is 2.95 bits per heavy atom. The molecular weight excluding hydrogens is 246 g/mol. The van der Waals surface area contributed by atoms with Crippen LogP contribution in [0.25, 0.3) is 0 Å². The van der Waals surface area contributed by atoms with Crippen molar-refractivity contribution in [1.82, 2.24) is 9.88 Å². The highest BCUT2D eigenvalue weighted by atomic mass is 16.3. The highest BCUT2D eigenvalue weighted by Crippen LogP contribution is 2.21. The molecule has 1 amide bonds. The third kappa shape index (κ3) is 3.14. The smallest absolute Gasteiger partial charge is 0.254 e. The molecule has 1 aromatic heterocycles. The van der Waals surface area contributed by atoms with E-state index in [-0.39, 0.29) is 23.4 Å². The van der Waals surface area contributed by atoms with E-state index in [2.05, 4.69) is 4.98 Å². The highest BCUT2D eigenvalue weighted by Gasteiger charge is 2.27. The lowest BCUT2D eigenvalue weighted by atomic mass is 9.98. The molecule has 1 unspecified atom stereocenters. The van der Waals surface area contributed by atoms with Crippen LogP contribution in [0.15, 0.2) is 16.9 Å². The number of pyridine rings is 1. The maximum Gasteiger partial charge on any atom is 0.254 e. The third-order valence-corrected chi connectivity index (χ3v) is 3.46. The topological polar surface area (TPSA) is 99.4 Å². The maximum atomic E-state index is 12.4. The van der Waals surface area contributed by atoms with Crippen LogP contribution in [-0.4, -0.2) is 40.0 Å². The largest absolute Gasteiger partial charge is 0.494 e. The number of nitrogens with zero attached hydrogens (tertiary/aromatic N) is 1. The number of nitrogens with two attached hydrogens (primary N) is 1. The van der Waals surface area contributed by atoms with Gasteiger partial charge in [-0.2, -0.15) is 0 Å². The van der Waals surface area contributed by atoms with Crippen LogP contribution in [0.3, 0.4) is 0 Å². The van der Waals surface area contributed by atoms with Crippen LogP contribution in [0.1, 0.15) is 36.0 Å². The molecule has 6 heteroatoms. The molecule has 6 nitrogen and oxygen atoms in total. The minimum atomic E-state index is -0.476. The average molecular weight is 265 g/mol. The van der Waals surface area contributed by atoms with Crippen molar-refractivity contribution in [2.24, 2.45) is 5.73 Å². The molecule has 2 heterocycles. The Morgan fingerprint density at radius 2 is 2.26 bits per heavy atom. The number of amides is 1. The van der Waals surface area contributed by atoms with Gasteiger partial charge in [0.25, 0.3) is 11.5 Å². The fourth-order valence-corrected chi connectivity index (χ4v) is 2.58. The van der Waals surface area contributed by atoms with Crippen LogP contribution < -0.4 is 11.3 Å². The first kappa shape index (κ1) is 13.6. The summed E-state index contributed by atoms with van der Waals surface area (Å²) in [6.07, 6.45) is 3.76. The number of H-pyrrole nitrogens is 1. The molecule has 104 valence electrons. The Hall–Kier alpha value is -1.82. The SMILES string of the molecule is NCCC1CCCCN1C(=O)c1cc(O)[nH]c(=O)c1. The first-order chi connectivity index (χ1) is 9.11. The summed E-state index contributed by atoms with van der Waals surface area (Å²) in [7, 11) is 0. The maximum absolute atomic E-state index is 12.4. The van der Waals surface area contributed by atoms with Crippen molar-refractivity contribution in [3.05, 3.63) is 28.0 Å². The predicted molar refractivity (Wildman–Crippen MR) is 71.1 cm³/mol. The second kappa shape index (κ2) is 5.88. The molecule has 4 N–H and O–H groups in total. The van der Waals surface area contributed by atoms with Gasteiger partial charge in [-0.3, -0.25) is 14.6 Å². The molecule has 0 saturated carbocycles. The molecule has 0 radical (unpaired) electrons. The molecule has 0 spiro atoms. The number of rotatable bonds is 3. The molecule has 19 heavy (non-hydrogen) atoms. The molecule has 0 aromatic carbocycles. The molecule has 1 saturated heterocycles. The number of likely N-dealkylation sites (tertiary alicyclic amines) is 1. The van der Waals surface area contributed by atoms with Crippen molar-refractivity contribution in [2.45, 2.75) is 31.7 Å². The summed E-state index contributed by atoms with van der Waals surface area (Å²) in [4.78, 5) is 27.7. The lowest BCUT2D eigenvalue weighted by Gasteiger charge is -2.35. The van der Waals surface area contributed by atoms with E-state index in [1.54, 1.807) is 4.90 Å². The van der Waals surface area contributed by atoms with Gasteiger partial charge in [0.1, 0.15) is 0 Å². The highest BCUT2D eigenvalue weighted by molar-refractivity contribution is 5.94. The van der Waals surface area contributed by atoms with Crippen LogP contribution in [-0.2, 0) is 0 Å². The first-order valence-electron chi connectivity index (χ1n) is 6.56. The van der Waals surface area contributed by atoms with E-state index in [0.29, 0.717) is 13.1 Å². The fraction of sp³-hybridized carbons (Fsp3) is 0.538. The summed E-state index contributed by atoms with van der Waals surface area (Å²) in [6.45, 7) is 1.21. The Bertz CT molecular complexity index is 510. The lowest BCUT2D eigenvalue weighted by Crippen LogP contribution is -2.44. The third-order valence-electron chi connectivity index (χ3n) is 3.46. The van der Waals surface area contributed by atoms with E-state index in [0.717, 1.165) is 25.7 Å². The lowest BCUT2D eigenvalue weighted by molar-refractivity contribution is 0.0604. The summed E-state index contributed by atoms with van der Waals surface area (Å²) in [5, 5.41) is 9.36. The van der Waals surface area contributed by atoms with Crippen molar-refractivity contribution >= 4 is 5.91 Å². The van der Waals surface area contributed by atoms with Gasteiger partial charge in [0.2, 0.25) is 0 Å². The molecule has 1 atom stereocenters. The van der Waals surface area contributed by atoms with E-state index in [1.807, 2.05) is 0 Å². The molecule has 1 aliphatic heterocycles. The van der Waals surface area contributed by atoms with Gasteiger partial charge in [-0.05, 0) is 32.2 Å². The number of nitrogens with one attached hydrogen (secondary N) is 1. The molecule has 1 aliphatic rings. The zero-order valence-electron chi connectivity index (χ0n) is 10.8. The van der Waals surface area contributed by atoms with Crippen molar-refractivity contribution in [2.75, 3.05) is 13.1 Å². The summed E-state index contributed by atoms with van der Waals surface area (Å²) in [5.74, 6) is -0.497. The van der Waals surface area contributed by atoms with Gasteiger partial charge < -0.3 is 15.7 Å². The Labute approximate surface area is 111 Å². The molecule has 0 aliphatic carbocycles. The van der Waals surface area contributed by atoms with Gasteiger partial charge in [0.15, 0.2) is 5.88 Å². The fourth-order valence-electron chi connectivity index (χ4n) is 2.58. The summed E-state index contributed by atoms with van der Waals surface area (Å²) >= 11 is 0. The second-order valence-electron chi connectivity index (χ2n) is 4.84. The van der Waals surface area contributed by atoms with Crippen LogP contribution in [0.5, 0.6) is 5.88 Å². The minimum absolute atomic E-state index is 0.132. The number of piperidine rings is 1. The van der Waals surface area contributed by atoms with Gasteiger partial charge in [-0.25, -0.2) is 0 Å². The number of carbonyl (C=O) groups excluding carboxylic acids is 1. The van der Waals surface area contributed by atoms with Crippen LogP contribution in [0, 0.1) is 0 Å². The monoisotopic (exact) mass is 265 g/mol. The first-order valence-corrected chi connectivity index (χ1v) is 6.56. The minimum Gasteiger partial charge on any atom is -0.494 e. The number of aromatic hydroxyl groups is 1. The predicted octanol–water partition coefficient (Wildman–Crippen LogP) is 0.424. The summed E-state index contributed by atoms with van der Waals surface area (Å²) < 4.78 is 0. The normalized spacial score (nSPS) is 19.4.